The van der Waals surface area contributed by atoms with Crippen LogP contribution in [0.25, 0.3) is 0 Å². The van der Waals surface area contributed by atoms with Crippen molar-refractivity contribution in [3.63, 3.8) is 0 Å². The second kappa shape index (κ2) is 6.32. The average Bonchev–Trinajstić information content (AvgIpc) is 2.35. The van der Waals surface area contributed by atoms with E-state index in [4.69, 9.17) is 0 Å². The average molecular weight is 276 g/mol. The van der Waals surface area contributed by atoms with Crippen molar-refractivity contribution >= 4 is 23.3 Å². The fourth-order valence-electron chi connectivity index (χ4n) is 1.45. The summed E-state index contributed by atoms with van der Waals surface area (Å²) in [5, 5.41) is 5.20. The van der Waals surface area contributed by atoms with Crippen LogP contribution in [0.2, 0.25) is 0 Å². The maximum absolute atomic E-state index is 11.7. The molecule has 0 heterocycles. The zero-order valence-corrected chi connectivity index (χ0v) is 12.2. The molecule has 0 fully saturated rings. The van der Waals surface area contributed by atoms with E-state index in [9.17, 15) is 14.4 Å². The number of carbonyl (C=O) groups excluding carboxylic acids is 3. The fraction of sp³-hybridized carbons (Fsp3) is 0.400. The van der Waals surface area contributed by atoms with Gasteiger partial charge in [0.25, 0.3) is 0 Å². The van der Waals surface area contributed by atoms with Crippen LogP contribution in [0.5, 0.6) is 0 Å². The number of Topliss-reactive ketones (excluding diaryl/α,β-unsaturated/α-hetero) is 1. The third-order valence-corrected chi connectivity index (χ3v) is 2.64. The van der Waals surface area contributed by atoms with Gasteiger partial charge in [-0.2, -0.15) is 0 Å². The lowest BCUT2D eigenvalue weighted by molar-refractivity contribution is -0.130. The smallest absolute Gasteiger partial charge is 0.243 e. The molecule has 108 valence electrons. The van der Waals surface area contributed by atoms with Crippen molar-refractivity contribution in [2.45, 2.75) is 27.7 Å². The van der Waals surface area contributed by atoms with Gasteiger partial charge in [-0.1, -0.05) is 32.9 Å². The van der Waals surface area contributed by atoms with E-state index in [1.807, 2.05) is 0 Å². The Kier molecular flexibility index (Phi) is 5.02. The normalized spacial score (nSPS) is 10.8. The van der Waals surface area contributed by atoms with Crippen molar-refractivity contribution in [3.05, 3.63) is 29.8 Å². The molecule has 0 unspecified atom stereocenters. The first-order valence-corrected chi connectivity index (χ1v) is 6.39. The summed E-state index contributed by atoms with van der Waals surface area (Å²) in [7, 11) is 0. The van der Waals surface area contributed by atoms with E-state index in [-0.39, 0.29) is 24.1 Å². The highest BCUT2D eigenvalue weighted by atomic mass is 16.2. The summed E-state index contributed by atoms with van der Waals surface area (Å²) in [6.45, 7) is 6.69. The van der Waals surface area contributed by atoms with Crippen LogP contribution in [0.15, 0.2) is 24.3 Å². The molecule has 0 aliphatic rings. The molecule has 2 N–H and O–H groups in total. The first-order valence-electron chi connectivity index (χ1n) is 6.39. The Labute approximate surface area is 118 Å². The quantitative estimate of drug-likeness (QED) is 0.826. The largest absolute Gasteiger partial charge is 0.347 e. The third kappa shape index (κ3) is 4.84. The molecule has 20 heavy (non-hydrogen) atoms. The minimum atomic E-state index is -0.533. The minimum Gasteiger partial charge on any atom is -0.347 e. The van der Waals surface area contributed by atoms with Gasteiger partial charge in [0.15, 0.2) is 5.78 Å². The molecule has 1 rings (SSSR count). The van der Waals surface area contributed by atoms with E-state index in [1.165, 1.54) is 6.92 Å². The van der Waals surface area contributed by atoms with Gasteiger partial charge < -0.3 is 10.6 Å². The second-order valence-electron chi connectivity index (χ2n) is 5.62. The van der Waals surface area contributed by atoms with Crippen LogP contribution < -0.4 is 10.6 Å². The zero-order chi connectivity index (χ0) is 15.3. The molecule has 0 aliphatic heterocycles. The molecule has 0 bridgehead atoms. The number of rotatable bonds is 4. The van der Waals surface area contributed by atoms with E-state index in [0.29, 0.717) is 11.3 Å². The highest BCUT2D eigenvalue weighted by Gasteiger charge is 2.21. The number of hydrogen-bond donors (Lipinski definition) is 2. The Bertz CT molecular complexity index is 530. The highest BCUT2D eigenvalue weighted by Crippen LogP contribution is 2.13. The molecule has 0 spiro atoms. The Morgan fingerprint density at radius 1 is 1.15 bits per heavy atom. The molecule has 0 atom stereocenters. The minimum absolute atomic E-state index is 0.0675. The van der Waals surface area contributed by atoms with Gasteiger partial charge in [-0.15, -0.1) is 0 Å². The molecule has 5 heteroatoms. The summed E-state index contributed by atoms with van der Waals surface area (Å²) >= 11 is 0. The maximum atomic E-state index is 11.7. The molecular formula is C15H20N2O3. The molecule has 5 nitrogen and oxygen atoms in total. The lowest BCUT2D eigenvalue weighted by atomic mass is 9.96. The standard InChI is InChI=1S/C15H20N2O3/c1-10(18)11-6-5-7-12(8-11)17-13(19)9-16-14(20)15(2,3)4/h5-8H,9H2,1-4H3,(H,16,20)(H,17,19). The Morgan fingerprint density at radius 3 is 2.35 bits per heavy atom. The fourth-order valence-corrected chi connectivity index (χ4v) is 1.45. The number of ketones is 1. The van der Waals surface area contributed by atoms with Crippen LogP contribution in [0.1, 0.15) is 38.1 Å². The van der Waals surface area contributed by atoms with Crippen LogP contribution in [0.4, 0.5) is 5.69 Å². The number of benzene rings is 1. The topological polar surface area (TPSA) is 75.3 Å². The number of hydrogen-bond acceptors (Lipinski definition) is 3. The van der Waals surface area contributed by atoms with Gasteiger partial charge in [0.1, 0.15) is 0 Å². The lowest BCUT2D eigenvalue weighted by Gasteiger charge is -2.17. The van der Waals surface area contributed by atoms with Crippen LogP contribution >= 0.6 is 0 Å². The summed E-state index contributed by atoms with van der Waals surface area (Å²) in [6.07, 6.45) is 0. The number of carbonyl (C=O) groups is 3. The van der Waals surface area contributed by atoms with Crippen LogP contribution in [-0.4, -0.2) is 24.1 Å². The molecule has 0 aliphatic carbocycles. The predicted molar refractivity (Wildman–Crippen MR) is 77.5 cm³/mol. The van der Waals surface area contributed by atoms with Gasteiger partial charge in [-0.3, -0.25) is 14.4 Å². The van der Waals surface area contributed by atoms with Crippen molar-refractivity contribution in [1.29, 1.82) is 0 Å². The maximum Gasteiger partial charge on any atom is 0.243 e. The van der Waals surface area contributed by atoms with Crippen molar-refractivity contribution < 1.29 is 14.4 Å². The van der Waals surface area contributed by atoms with E-state index in [2.05, 4.69) is 10.6 Å². The zero-order valence-electron chi connectivity index (χ0n) is 12.2. The molecule has 1 aromatic carbocycles. The van der Waals surface area contributed by atoms with Crippen LogP contribution in [0.3, 0.4) is 0 Å². The van der Waals surface area contributed by atoms with E-state index in [1.54, 1.807) is 45.0 Å². The highest BCUT2D eigenvalue weighted by molar-refractivity contribution is 5.98. The van der Waals surface area contributed by atoms with Gasteiger partial charge in [-0.05, 0) is 19.1 Å². The Hall–Kier alpha value is -2.17. The summed E-state index contributed by atoms with van der Waals surface area (Å²) in [5.74, 6) is -0.587. The molecule has 0 saturated carbocycles. The van der Waals surface area contributed by atoms with Crippen LogP contribution in [0, 0.1) is 5.41 Å². The summed E-state index contributed by atoms with van der Waals surface area (Å²) in [5.41, 5.74) is 0.531. The summed E-state index contributed by atoms with van der Waals surface area (Å²) in [6, 6.07) is 6.67. The molecule has 1 aromatic rings. The molecule has 0 radical (unpaired) electrons. The summed E-state index contributed by atoms with van der Waals surface area (Å²) < 4.78 is 0. The molecule has 2 amide bonds. The number of anilines is 1. The SMILES string of the molecule is CC(=O)c1cccc(NC(=O)CNC(=O)C(C)(C)C)c1. The van der Waals surface area contributed by atoms with Crippen molar-refractivity contribution in [1.82, 2.24) is 5.32 Å². The van der Waals surface area contributed by atoms with Gasteiger partial charge in [0.05, 0.1) is 6.54 Å². The van der Waals surface area contributed by atoms with E-state index < -0.39 is 5.41 Å². The first kappa shape index (κ1) is 15.9. The summed E-state index contributed by atoms with van der Waals surface area (Å²) in [4.78, 5) is 34.6. The Balaban J connectivity index is 2.57. The third-order valence-electron chi connectivity index (χ3n) is 2.64. The van der Waals surface area contributed by atoms with Gasteiger partial charge >= 0.3 is 0 Å². The van der Waals surface area contributed by atoms with Gasteiger partial charge in [0.2, 0.25) is 11.8 Å². The van der Waals surface area contributed by atoms with Crippen molar-refractivity contribution in [3.8, 4) is 0 Å². The van der Waals surface area contributed by atoms with Crippen LogP contribution in [-0.2, 0) is 9.59 Å². The predicted octanol–water partition coefficient (Wildman–Crippen LogP) is 1.99. The van der Waals surface area contributed by atoms with Crippen molar-refractivity contribution in [2.24, 2.45) is 5.41 Å². The van der Waals surface area contributed by atoms with Crippen molar-refractivity contribution in [2.75, 3.05) is 11.9 Å². The number of amides is 2. The van der Waals surface area contributed by atoms with Gasteiger partial charge in [-0.25, -0.2) is 0 Å². The van der Waals surface area contributed by atoms with E-state index >= 15 is 0 Å². The molecular weight excluding hydrogens is 256 g/mol. The molecule has 0 aromatic heterocycles. The van der Waals surface area contributed by atoms with Gasteiger partial charge in [0, 0.05) is 16.7 Å². The first-order chi connectivity index (χ1) is 9.20. The second-order valence-corrected chi connectivity index (χ2v) is 5.62. The molecule has 0 saturated heterocycles. The van der Waals surface area contributed by atoms with E-state index in [0.717, 1.165) is 0 Å². The monoisotopic (exact) mass is 276 g/mol. The lowest BCUT2D eigenvalue weighted by Crippen LogP contribution is -2.39. The Morgan fingerprint density at radius 2 is 1.80 bits per heavy atom. The number of nitrogens with one attached hydrogen (secondary N) is 2.